The van der Waals surface area contributed by atoms with Crippen molar-refractivity contribution < 1.29 is 18.8 Å². The molecule has 0 radical (unpaired) electrons. The van der Waals surface area contributed by atoms with E-state index >= 15 is 0 Å². The van der Waals surface area contributed by atoms with Crippen molar-refractivity contribution in [2.75, 3.05) is 27.3 Å². The van der Waals surface area contributed by atoms with Crippen LogP contribution in [0.3, 0.4) is 0 Å². The van der Waals surface area contributed by atoms with Crippen molar-refractivity contribution in [3.63, 3.8) is 0 Å². The summed E-state index contributed by atoms with van der Waals surface area (Å²) in [6.07, 6.45) is 3.99. The minimum absolute atomic E-state index is 0.0421. The van der Waals surface area contributed by atoms with E-state index < -0.39 is 0 Å². The Morgan fingerprint density at radius 2 is 2.06 bits per heavy atom. The molecule has 2 saturated heterocycles. The summed E-state index contributed by atoms with van der Waals surface area (Å²) in [6.45, 7) is 1.11. The second-order valence-corrected chi connectivity index (χ2v) is 7.88. The molecule has 5 rings (SSSR count). The number of nitrogens with one attached hydrogen (secondary N) is 2. The number of aromatic nitrogens is 3. The topological polar surface area (TPSA) is 115 Å². The van der Waals surface area contributed by atoms with Gasteiger partial charge < -0.3 is 18.9 Å². The van der Waals surface area contributed by atoms with E-state index in [1.54, 1.807) is 26.6 Å². The van der Waals surface area contributed by atoms with Crippen molar-refractivity contribution in [1.82, 2.24) is 30.9 Å². The molecule has 166 valence electrons. The van der Waals surface area contributed by atoms with E-state index in [0.29, 0.717) is 31.2 Å². The smallest absolute Gasteiger partial charge is 0.241 e. The molecule has 0 aliphatic carbocycles. The number of hydrogen-bond donors (Lipinski definition) is 2. The van der Waals surface area contributed by atoms with E-state index in [2.05, 4.69) is 26.0 Å². The van der Waals surface area contributed by atoms with Crippen LogP contribution in [-0.2, 0) is 4.79 Å². The van der Waals surface area contributed by atoms with Gasteiger partial charge in [-0.05, 0) is 36.8 Å². The molecule has 32 heavy (non-hydrogen) atoms. The standard InChI is InChI=1S/C22H24N6O4/c1-30-15-5-6-19(31-2)16(8-15)17-9-18(26-25-17)22(29)28-11-14(12-28)21-24-20(27-32-21)13-4-3-7-23-10-13/h3-8,10,14,17-18,25-26H,9,11-12H2,1-2H3. The molecule has 1 aromatic carbocycles. The zero-order valence-electron chi connectivity index (χ0n) is 17.8. The lowest BCUT2D eigenvalue weighted by atomic mass is 9.96. The first-order valence-corrected chi connectivity index (χ1v) is 10.4. The van der Waals surface area contributed by atoms with Crippen LogP contribution in [0.2, 0.25) is 0 Å². The molecule has 10 heteroatoms. The molecule has 10 nitrogen and oxygen atoms in total. The van der Waals surface area contributed by atoms with Gasteiger partial charge >= 0.3 is 0 Å². The lowest BCUT2D eigenvalue weighted by Gasteiger charge is -2.38. The van der Waals surface area contributed by atoms with E-state index in [9.17, 15) is 4.79 Å². The number of carbonyl (C=O) groups excluding carboxylic acids is 1. The van der Waals surface area contributed by atoms with Crippen LogP contribution in [0, 0.1) is 0 Å². The number of rotatable bonds is 6. The molecule has 2 fully saturated rings. The quantitative estimate of drug-likeness (QED) is 0.596. The maximum Gasteiger partial charge on any atom is 0.241 e. The van der Waals surface area contributed by atoms with Gasteiger partial charge in [0.05, 0.1) is 26.2 Å². The fourth-order valence-corrected chi connectivity index (χ4v) is 4.08. The molecule has 0 bridgehead atoms. The Bertz CT molecular complexity index is 1100. The highest BCUT2D eigenvalue weighted by Gasteiger charge is 2.41. The summed E-state index contributed by atoms with van der Waals surface area (Å²) in [5.41, 5.74) is 8.09. The number of carbonyl (C=O) groups is 1. The minimum atomic E-state index is -0.328. The van der Waals surface area contributed by atoms with Crippen LogP contribution in [0.4, 0.5) is 0 Å². The number of benzene rings is 1. The Kier molecular flexibility index (Phi) is 5.46. The fraction of sp³-hybridized carbons (Fsp3) is 0.364. The van der Waals surface area contributed by atoms with E-state index in [0.717, 1.165) is 22.6 Å². The number of amides is 1. The molecule has 0 spiro atoms. The first-order chi connectivity index (χ1) is 15.7. The van der Waals surface area contributed by atoms with Gasteiger partial charge in [-0.3, -0.25) is 9.78 Å². The molecule has 2 unspecified atom stereocenters. The van der Waals surface area contributed by atoms with Crippen molar-refractivity contribution in [3.05, 3.63) is 54.2 Å². The Labute approximate surface area is 184 Å². The second-order valence-electron chi connectivity index (χ2n) is 7.88. The predicted molar refractivity (Wildman–Crippen MR) is 114 cm³/mol. The number of hydrazine groups is 1. The van der Waals surface area contributed by atoms with Crippen LogP contribution < -0.4 is 20.3 Å². The Morgan fingerprint density at radius 1 is 1.19 bits per heavy atom. The maximum atomic E-state index is 13.0. The van der Waals surface area contributed by atoms with E-state index in [4.69, 9.17) is 14.0 Å². The van der Waals surface area contributed by atoms with Gasteiger partial charge in [0.2, 0.25) is 17.6 Å². The largest absolute Gasteiger partial charge is 0.497 e. The summed E-state index contributed by atoms with van der Waals surface area (Å²) in [5, 5.41) is 4.04. The van der Waals surface area contributed by atoms with Crippen LogP contribution >= 0.6 is 0 Å². The van der Waals surface area contributed by atoms with Gasteiger partial charge in [-0.1, -0.05) is 5.16 Å². The third-order valence-electron chi connectivity index (χ3n) is 5.92. The minimum Gasteiger partial charge on any atom is -0.497 e. The van der Waals surface area contributed by atoms with Crippen molar-refractivity contribution in [2.45, 2.75) is 24.4 Å². The van der Waals surface area contributed by atoms with Gasteiger partial charge in [0.15, 0.2) is 0 Å². The number of methoxy groups -OCH3 is 2. The van der Waals surface area contributed by atoms with Gasteiger partial charge in [-0.25, -0.2) is 10.9 Å². The van der Waals surface area contributed by atoms with Gasteiger partial charge in [0.1, 0.15) is 17.5 Å². The van der Waals surface area contributed by atoms with Crippen LogP contribution in [0.5, 0.6) is 11.5 Å². The molecule has 3 aromatic rings. The average molecular weight is 436 g/mol. The molecule has 2 aliphatic rings. The molecule has 1 amide bonds. The van der Waals surface area contributed by atoms with Crippen LogP contribution in [0.25, 0.3) is 11.4 Å². The summed E-state index contributed by atoms with van der Waals surface area (Å²) < 4.78 is 16.2. The number of hydrogen-bond acceptors (Lipinski definition) is 9. The van der Waals surface area contributed by atoms with Gasteiger partial charge in [-0.15, -0.1) is 0 Å². The Balaban J connectivity index is 1.19. The van der Waals surface area contributed by atoms with Crippen LogP contribution in [-0.4, -0.2) is 59.3 Å². The molecule has 2 aromatic heterocycles. The van der Waals surface area contributed by atoms with Gasteiger partial charge in [0.25, 0.3) is 0 Å². The van der Waals surface area contributed by atoms with Crippen molar-refractivity contribution in [1.29, 1.82) is 0 Å². The maximum absolute atomic E-state index is 13.0. The van der Waals surface area contributed by atoms with E-state index in [-0.39, 0.29) is 23.9 Å². The summed E-state index contributed by atoms with van der Waals surface area (Å²) in [7, 11) is 3.26. The molecule has 4 heterocycles. The monoisotopic (exact) mass is 436 g/mol. The number of pyridine rings is 1. The molecule has 2 atom stereocenters. The third kappa shape index (κ3) is 3.78. The van der Waals surface area contributed by atoms with Crippen molar-refractivity contribution in [2.24, 2.45) is 0 Å². The SMILES string of the molecule is COc1ccc(OC)c(C2CC(C(=O)N3CC(c4nc(-c5cccnc5)no4)C3)NN2)c1. The van der Waals surface area contributed by atoms with E-state index in [1.807, 2.05) is 35.2 Å². The van der Waals surface area contributed by atoms with E-state index in [1.165, 1.54) is 0 Å². The summed E-state index contributed by atoms with van der Waals surface area (Å²) in [5.74, 6) is 2.64. The Hall–Kier alpha value is -3.50. The van der Waals surface area contributed by atoms with Crippen LogP contribution in [0.1, 0.15) is 29.8 Å². The molecule has 2 N–H and O–H groups in total. The first kappa shape index (κ1) is 20.4. The van der Waals surface area contributed by atoms with Crippen LogP contribution in [0.15, 0.2) is 47.2 Å². The highest BCUT2D eigenvalue weighted by Crippen LogP contribution is 2.35. The summed E-state index contributed by atoms with van der Waals surface area (Å²) in [4.78, 5) is 23.3. The molecular weight excluding hydrogens is 412 g/mol. The zero-order valence-corrected chi connectivity index (χ0v) is 17.8. The Morgan fingerprint density at radius 3 is 2.81 bits per heavy atom. The van der Waals surface area contributed by atoms with Crippen molar-refractivity contribution >= 4 is 5.91 Å². The molecule has 2 aliphatic heterocycles. The highest BCUT2D eigenvalue weighted by molar-refractivity contribution is 5.83. The molecular formula is C22H24N6O4. The zero-order chi connectivity index (χ0) is 22.1. The average Bonchev–Trinajstić information content (AvgIpc) is 3.48. The second kappa shape index (κ2) is 8.56. The summed E-state index contributed by atoms with van der Waals surface area (Å²) in [6, 6.07) is 8.96. The lowest BCUT2D eigenvalue weighted by molar-refractivity contribution is -0.138. The number of likely N-dealkylation sites (tertiary alicyclic amines) is 1. The molecule has 0 saturated carbocycles. The third-order valence-corrected chi connectivity index (χ3v) is 5.92. The fourth-order valence-electron chi connectivity index (χ4n) is 4.08. The van der Waals surface area contributed by atoms with Gasteiger partial charge in [-0.2, -0.15) is 4.98 Å². The lowest BCUT2D eigenvalue weighted by Crippen LogP contribution is -2.54. The highest BCUT2D eigenvalue weighted by atomic mass is 16.5. The number of nitrogens with zero attached hydrogens (tertiary/aromatic N) is 4. The van der Waals surface area contributed by atoms with Gasteiger partial charge in [0, 0.05) is 36.6 Å². The predicted octanol–water partition coefficient (Wildman–Crippen LogP) is 1.68. The number of ether oxygens (including phenoxy) is 2. The van der Waals surface area contributed by atoms with Crippen molar-refractivity contribution in [3.8, 4) is 22.9 Å². The summed E-state index contributed by atoms with van der Waals surface area (Å²) >= 11 is 0. The first-order valence-electron chi connectivity index (χ1n) is 10.4. The normalized spacial score (nSPS) is 20.8.